The average Bonchev–Trinajstić information content (AvgIpc) is 3.14. The Morgan fingerprint density at radius 1 is 1.03 bits per heavy atom. The van der Waals surface area contributed by atoms with Crippen LogP contribution in [0.3, 0.4) is 0 Å². The summed E-state index contributed by atoms with van der Waals surface area (Å²) in [5.74, 6) is -0.155. The number of fused-ring (bicyclic) bond motifs is 1. The van der Waals surface area contributed by atoms with E-state index in [4.69, 9.17) is 0 Å². The molecule has 158 valence electrons. The summed E-state index contributed by atoms with van der Waals surface area (Å²) in [6.07, 6.45) is 4.15. The molecule has 0 aliphatic rings. The van der Waals surface area contributed by atoms with Crippen molar-refractivity contribution in [3.05, 3.63) is 89.9 Å². The van der Waals surface area contributed by atoms with Crippen LogP contribution in [0.2, 0.25) is 0 Å². The summed E-state index contributed by atoms with van der Waals surface area (Å²) < 4.78 is 30.8. The van der Waals surface area contributed by atoms with Crippen molar-refractivity contribution >= 4 is 16.8 Å². The number of nitrogens with one attached hydrogen (secondary N) is 1. The molecule has 8 heteroatoms. The lowest BCUT2D eigenvalue weighted by atomic mass is 10.2. The molecule has 0 radical (unpaired) electrons. The van der Waals surface area contributed by atoms with Crippen LogP contribution in [0.1, 0.15) is 21.6 Å². The maximum atomic E-state index is 12.8. The molecule has 2 aromatic heterocycles. The minimum absolute atomic E-state index is 0.0951. The van der Waals surface area contributed by atoms with Gasteiger partial charge in [-0.3, -0.25) is 14.5 Å². The molecule has 1 amide bonds. The summed E-state index contributed by atoms with van der Waals surface area (Å²) in [4.78, 5) is 16.8. The number of rotatable bonds is 8. The van der Waals surface area contributed by atoms with Gasteiger partial charge in [-0.2, -0.15) is 13.9 Å². The Balaban J connectivity index is 1.49. The molecule has 4 aromatic rings. The molecule has 2 aromatic carbocycles. The van der Waals surface area contributed by atoms with E-state index in [1.807, 2.05) is 36.4 Å². The van der Waals surface area contributed by atoms with Gasteiger partial charge < -0.3 is 10.1 Å². The quantitative estimate of drug-likeness (QED) is 0.465. The van der Waals surface area contributed by atoms with Gasteiger partial charge in [0.05, 0.1) is 12.1 Å². The Morgan fingerprint density at radius 3 is 2.58 bits per heavy atom. The van der Waals surface area contributed by atoms with E-state index in [1.165, 1.54) is 12.1 Å². The topological polar surface area (TPSA) is 69.0 Å². The predicted octanol–water partition coefficient (Wildman–Crippen LogP) is 4.05. The third-order valence-electron chi connectivity index (χ3n) is 4.78. The summed E-state index contributed by atoms with van der Waals surface area (Å²) in [6.45, 7) is -2.00. The lowest BCUT2D eigenvalue weighted by Gasteiger charge is -2.07. The second-order valence-corrected chi connectivity index (χ2v) is 6.91. The van der Waals surface area contributed by atoms with Gasteiger partial charge in [-0.1, -0.05) is 36.4 Å². The van der Waals surface area contributed by atoms with Crippen molar-refractivity contribution in [3.63, 3.8) is 0 Å². The van der Waals surface area contributed by atoms with Gasteiger partial charge in [-0.05, 0) is 41.8 Å². The molecule has 0 spiro atoms. The number of pyridine rings is 1. The first-order valence-electron chi connectivity index (χ1n) is 9.76. The fourth-order valence-corrected chi connectivity index (χ4v) is 3.31. The zero-order valence-electron chi connectivity index (χ0n) is 16.5. The Hall–Kier alpha value is -3.81. The van der Waals surface area contributed by atoms with Crippen LogP contribution in [0.25, 0.3) is 10.9 Å². The van der Waals surface area contributed by atoms with E-state index < -0.39 is 6.61 Å². The van der Waals surface area contributed by atoms with Gasteiger partial charge in [0, 0.05) is 24.3 Å². The van der Waals surface area contributed by atoms with Crippen LogP contribution < -0.4 is 10.1 Å². The lowest BCUT2D eigenvalue weighted by Crippen LogP contribution is -2.26. The first kappa shape index (κ1) is 20.5. The van der Waals surface area contributed by atoms with E-state index in [9.17, 15) is 13.6 Å². The fraction of sp³-hybridized carbons (Fsp3) is 0.174. The van der Waals surface area contributed by atoms with E-state index in [0.29, 0.717) is 25.2 Å². The van der Waals surface area contributed by atoms with Gasteiger partial charge >= 0.3 is 6.61 Å². The average molecular weight is 422 g/mol. The number of hydrogen-bond acceptors (Lipinski definition) is 4. The van der Waals surface area contributed by atoms with Crippen molar-refractivity contribution in [2.24, 2.45) is 0 Å². The molecule has 6 nitrogen and oxygen atoms in total. The maximum absolute atomic E-state index is 12.8. The zero-order chi connectivity index (χ0) is 21.6. The number of nitrogens with zero attached hydrogens (tertiary/aromatic N) is 3. The maximum Gasteiger partial charge on any atom is 0.387 e. The van der Waals surface area contributed by atoms with Crippen molar-refractivity contribution in [2.45, 2.75) is 19.6 Å². The van der Waals surface area contributed by atoms with Crippen molar-refractivity contribution in [1.82, 2.24) is 20.1 Å². The van der Waals surface area contributed by atoms with E-state index in [2.05, 4.69) is 20.1 Å². The normalized spacial score (nSPS) is 11.1. The highest BCUT2D eigenvalue weighted by molar-refractivity contribution is 6.04. The third kappa shape index (κ3) is 5.03. The number of para-hydroxylation sites is 1. The number of amides is 1. The molecule has 4 rings (SSSR count). The monoisotopic (exact) mass is 422 g/mol. The summed E-state index contributed by atoms with van der Waals surface area (Å²) in [5.41, 5.74) is 3.04. The van der Waals surface area contributed by atoms with Crippen molar-refractivity contribution in [2.75, 3.05) is 6.54 Å². The molecule has 0 atom stereocenters. The minimum Gasteiger partial charge on any atom is -0.435 e. The molecule has 1 N–H and O–H groups in total. The van der Waals surface area contributed by atoms with E-state index >= 15 is 0 Å². The van der Waals surface area contributed by atoms with Gasteiger partial charge in [0.1, 0.15) is 5.75 Å². The number of hydrogen-bond donors (Lipinski definition) is 1. The summed E-state index contributed by atoms with van der Waals surface area (Å²) >= 11 is 0. The second kappa shape index (κ2) is 9.34. The number of carbonyl (C=O) groups excluding carboxylic acids is 1. The Labute approximate surface area is 177 Å². The number of benzene rings is 2. The molecule has 2 heterocycles. The Bertz CT molecular complexity index is 1160. The van der Waals surface area contributed by atoms with Crippen LogP contribution in [0.15, 0.2) is 73.1 Å². The zero-order valence-corrected chi connectivity index (χ0v) is 16.5. The summed E-state index contributed by atoms with van der Waals surface area (Å²) in [7, 11) is 0. The van der Waals surface area contributed by atoms with Crippen LogP contribution in [0, 0.1) is 0 Å². The molecular weight excluding hydrogens is 402 g/mol. The van der Waals surface area contributed by atoms with Crippen molar-refractivity contribution in [1.29, 1.82) is 0 Å². The van der Waals surface area contributed by atoms with Gasteiger partial charge in [0.2, 0.25) is 0 Å². The van der Waals surface area contributed by atoms with Gasteiger partial charge in [0.15, 0.2) is 5.69 Å². The van der Waals surface area contributed by atoms with Gasteiger partial charge in [0.25, 0.3) is 5.91 Å². The van der Waals surface area contributed by atoms with Gasteiger partial charge in [-0.25, -0.2) is 0 Å². The standard InChI is InChI=1S/C23H20F2N4O2/c24-23(25)31-18-9-7-17(8-10-18)15-29-20-6-2-1-5-19(20)21(28-29)22(30)27-13-11-16-4-3-12-26-14-16/h1-10,12,14,23H,11,13,15H2,(H,27,30). The van der Waals surface area contributed by atoms with Gasteiger partial charge in [-0.15, -0.1) is 0 Å². The highest BCUT2D eigenvalue weighted by atomic mass is 19.3. The predicted molar refractivity (Wildman–Crippen MR) is 112 cm³/mol. The highest BCUT2D eigenvalue weighted by Crippen LogP contribution is 2.21. The minimum atomic E-state index is -2.86. The second-order valence-electron chi connectivity index (χ2n) is 6.91. The molecule has 31 heavy (non-hydrogen) atoms. The summed E-state index contributed by atoms with van der Waals surface area (Å²) in [5, 5.41) is 8.18. The van der Waals surface area contributed by atoms with Crippen LogP contribution in [0.4, 0.5) is 8.78 Å². The van der Waals surface area contributed by atoms with Crippen LogP contribution in [-0.2, 0) is 13.0 Å². The number of ether oxygens (including phenoxy) is 1. The first-order chi connectivity index (χ1) is 15.1. The highest BCUT2D eigenvalue weighted by Gasteiger charge is 2.17. The Kier molecular flexibility index (Phi) is 6.16. The van der Waals surface area contributed by atoms with E-state index in [0.717, 1.165) is 22.0 Å². The molecular formula is C23H20F2N4O2. The molecule has 0 fully saturated rings. The first-order valence-corrected chi connectivity index (χ1v) is 9.76. The van der Waals surface area contributed by atoms with Crippen molar-refractivity contribution < 1.29 is 18.3 Å². The Morgan fingerprint density at radius 2 is 1.84 bits per heavy atom. The number of halogens is 2. The molecule has 0 aliphatic carbocycles. The fourth-order valence-electron chi connectivity index (χ4n) is 3.31. The lowest BCUT2D eigenvalue weighted by molar-refractivity contribution is -0.0498. The third-order valence-corrected chi connectivity index (χ3v) is 4.78. The molecule has 0 saturated heterocycles. The SMILES string of the molecule is O=C(NCCc1cccnc1)c1nn(Cc2ccc(OC(F)F)cc2)c2ccccc12. The summed E-state index contributed by atoms with van der Waals surface area (Å²) in [6, 6.07) is 17.7. The molecule has 0 unspecified atom stereocenters. The number of carbonyl (C=O) groups is 1. The van der Waals surface area contributed by atoms with Crippen LogP contribution in [-0.4, -0.2) is 33.8 Å². The number of alkyl halides is 2. The smallest absolute Gasteiger partial charge is 0.387 e. The molecule has 0 aliphatic heterocycles. The van der Waals surface area contributed by atoms with E-state index in [-0.39, 0.29) is 11.7 Å². The van der Waals surface area contributed by atoms with E-state index in [1.54, 1.807) is 29.2 Å². The van der Waals surface area contributed by atoms with Crippen LogP contribution in [0.5, 0.6) is 5.75 Å². The largest absolute Gasteiger partial charge is 0.435 e. The van der Waals surface area contributed by atoms with Crippen molar-refractivity contribution in [3.8, 4) is 5.75 Å². The molecule has 0 saturated carbocycles. The molecule has 0 bridgehead atoms. The number of aromatic nitrogens is 3. The van der Waals surface area contributed by atoms with Crippen LogP contribution >= 0.6 is 0 Å².